The summed E-state index contributed by atoms with van der Waals surface area (Å²) in [4.78, 5) is 2.03. The third-order valence-electron chi connectivity index (χ3n) is 3.56. The average molecular weight is 271 g/mol. The Kier molecular flexibility index (Phi) is 4.85. The largest absolute Gasteiger partial charge is 0.387 e. The minimum absolute atomic E-state index is 0.193. The van der Waals surface area contributed by atoms with Crippen molar-refractivity contribution in [1.82, 2.24) is 4.90 Å². The quantitative estimate of drug-likeness (QED) is 0.910. The van der Waals surface area contributed by atoms with Crippen LogP contribution < -0.4 is 0 Å². The average Bonchev–Trinajstić information content (AvgIpc) is 2.39. The van der Waals surface area contributed by atoms with Crippen LogP contribution in [0.2, 0.25) is 0 Å². The first-order valence-electron chi connectivity index (χ1n) is 6.57. The van der Waals surface area contributed by atoms with Gasteiger partial charge in [0.25, 0.3) is 0 Å². The highest BCUT2D eigenvalue weighted by Crippen LogP contribution is 2.23. The van der Waals surface area contributed by atoms with Gasteiger partial charge in [0.2, 0.25) is 0 Å². The van der Waals surface area contributed by atoms with Crippen molar-refractivity contribution < 1.29 is 18.6 Å². The van der Waals surface area contributed by atoms with Gasteiger partial charge in [-0.25, -0.2) is 8.78 Å². The van der Waals surface area contributed by atoms with Gasteiger partial charge in [-0.1, -0.05) is 13.0 Å². The molecule has 2 rings (SSSR count). The number of hydrogen-bond donors (Lipinski definition) is 1. The Morgan fingerprint density at radius 2 is 2.11 bits per heavy atom. The molecular formula is C14H19F2NO2. The third-order valence-corrected chi connectivity index (χ3v) is 3.56. The molecule has 0 spiro atoms. The number of morpholine rings is 1. The second kappa shape index (κ2) is 6.41. The predicted octanol–water partition coefficient (Wildman–Crippen LogP) is 2.11. The standard InChI is InChI=1S/C14H19F2NO2/c1-2-10-9-19-7-6-17(10)8-13(18)14-11(15)4-3-5-12(14)16/h3-5,10,13,18H,2,6-9H2,1H3. The zero-order valence-corrected chi connectivity index (χ0v) is 11.0. The van der Waals surface area contributed by atoms with Crippen LogP contribution in [0.5, 0.6) is 0 Å². The molecule has 19 heavy (non-hydrogen) atoms. The second-order valence-corrected chi connectivity index (χ2v) is 4.78. The van der Waals surface area contributed by atoms with Crippen LogP contribution >= 0.6 is 0 Å². The number of aliphatic hydroxyl groups excluding tert-OH is 1. The van der Waals surface area contributed by atoms with Crippen molar-refractivity contribution in [1.29, 1.82) is 0 Å². The van der Waals surface area contributed by atoms with Gasteiger partial charge in [-0.2, -0.15) is 0 Å². The van der Waals surface area contributed by atoms with Crippen LogP contribution in [0.25, 0.3) is 0 Å². The molecule has 1 aliphatic heterocycles. The number of hydrogen-bond acceptors (Lipinski definition) is 3. The maximum absolute atomic E-state index is 13.6. The monoisotopic (exact) mass is 271 g/mol. The molecule has 1 saturated heterocycles. The molecule has 0 aliphatic carbocycles. The van der Waals surface area contributed by atoms with Gasteiger partial charge in [0, 0.05) is 19.1 Å². The number of rotatable bonds is 4. The summed E-state index contributed by atoms with van der Waals surface area (Å²) < 4.78 is 32.5. The second-order valence-electron chi connectivity index (χ2n) is 4.78. The first-order chi connectivity index (χ1) is 9.13. The molecule has 1 aromatic carbocycles. The molecule has 0 amide bonds. The van der Waals surface area contributed by atoms with Crippen molar-refractivity contribution in [2.45, 2.75) is 25.5 Å². The summed E-state index contributed by atoms with van der Waals surface area (Å²) in [6.07, 6.45) is -0.278. The lowest BCUT2D eigenvalue weighted by atomic mass is 10.1. The Balaban J connectivity index is 2.09. The van der Waals surface area contributed by atoms with Crippen molar-refractivity contribution in [3.8, 4) is 0 Å². The van der Waals surface area contributed by atoms with E-state index >= 15 is 0 Å². The number of benzene rings is 1. The molecule has 2 unspecified atom stereocenters. The van der Waals surface area contributed by atoms with Gasteiger partial charge in [-0.15, -0.1) is 0 Å². The molecular weight excluding hydrogens is 252 g/mol. The molecule has 0 saturated carbocycles. The summed E-state index contributed by atoms with van der Waals surface area (Å²) in [6, 6.07) is 3.82. The van der Waals surface area contributed by atoms with Crippen molar-refractivity contribution in [2.24, 2.45) is 0 Å². The number of halogens is 2. The summed E-state index contributed by atoms with van der Waals surface area (Å²) in [7, 11) is 0. The van der Waals surface area contributed by atoms with E-state index in [1.54, 1.807) is 0 Å². The molecule has 3 nitrogen and oxygen atoms in total. The van der Waals surface area contributed by atoms with Gasteiger partial charge in [-0.3, -0.25) is 4.90 Å². The van der Waals surface area contributed by atoms with Gasteiger partial charge in [0.15, 0.2) is 0 Å². The topological polar surface area (TPSA) is 32.7 Å². The van der Waals surface area contributed by atoms with E-state index in [0.717, 1.165) is 18.6 Å². The van der Waals surface area contributed by atoms with Crippen molar-refractivity contribution >= 4 is 0 Å². The summed E-state index contributed by atoms with van der Waals surface area (Å²) in [5.74, 6) is -1.40. The lowest BCUT2D eigenvalue weighted by molar-refractivity contribution is -0.0285. The van der Waals surface area contributed by atoms with E-state index in [9.17, 15) is 13.9 Å². The van der Waals surface area contributed by atoms with Gasteiger partial charge in [0.05, 0.1) is 24.9 Å². The van der Waals surface area contributed by atoms with E-state index in [4.69, 9.17) is 4.74 Å². The van der Waals surface area contributed by atoms with Gasteiger partial charge in [0.1, 0.15) is 11.6 Å². The van der Waals surface area contributed by atoms with Crippen LogP contribution in [0.4, 0.5) is 8.78 Å². The van der Waals surface area contributed by atoms with Crippen LogP contribution in [-0.2, 0) is 4.74 Å². The molecule has 1 fully saturated rings. The zero-order chi connectivity index (χ0) is 13.8. The van der Waals surface area contributed by atoms with Crippen LogP contribution in [0.15, 0.2) is 18.2 Å². The van der Waals surface area contributed by atoms with Crippen LogP contribution in [0.1, 0.15) is 25.0 Å². The predicted molar refractivity (Wildman–Crippen MR) is 67.8 cm³/mol. The summed E-state index contributed by atoms with van der Waals surface area (Å²) in [5, 5.41) is 10.1. The van der Waals surface area contributed by atoms with Gasteiger partial charge >= 0.3 is 0 Å². The zero-order valence-electron chi connectivity index (χ0n) is 11.0. The van der Waals surface area contributed by atoms with Crippen LogP contribution in [-0.4, -0.2) is 42.4 Å². The molecule has 1 N–H and O–H groups in total. The van der Waals surface area contributed by atoms with Crippen molar-refractivity contribution in [3.05, 3.63) is 35.4 Å². The smallest absolute Gasteiger partial charge is 0.131 e. The van der Waals surface area contributed by atoms with Crippen molar-refractivity contribution in [2.75, 3.05) is 26.3 Å². The van der Waals surface area contributed by atoms with E-state index in [0.29, 0.717) is 19.8 Å². The summed E-state index contributed by atoms with van der Waals surface area (Å²) in [6.45, 7) is 4.11. The first kappa shape index (κ1) is 14.4. The minimum atomic E-state index is -1.16. The van der Waals surface area contributed by atoms with Gasteiger partial charge < -0.3 is 9.84 Å². The number of ether oxygens (including phenoxy) is 1. The molecule has 0 bridgehead atoms. The Morgan fingerprint density at radius 3 is 2.74 bits per heavy atom. The molecule has 1 aromatic rings. The molecule has 0 radical (unpaired) electrons. The molecule has 106 valence electrons. The Hall–Kier alpha value is -1.04. The molecule has 2 atom stereocenters. The number of aliphatic hydroxyl groups is 1. The minimum Gasteiger partial charge on any atom is -0.387 e. The van der Waals surface area contributed by atoms with Crippen LogP contribution in [0, 0.1) is 11.6 Å². The Labute approximate surface area is 111 Å². The SMILES string of the molecule is CCC1COCCN1CC(O)c1c(F)cccc1F. The van der Waals surface area contributed by atoms with E-state index in [1.807, 2.05) is 11.8 Å². The molecule has 5 heteroatoms. The fourth-order valence-electron chi connectivity index (χ4n) is 2.45. The molecule has 0 aromatic heterocycles. The Bertz CT molecular complexity index is 408. The first-order valence-corrected chi connectivity index (χ1v) is 6.57. The highest BCUT2D eigenvalue weighted by Gasteiger charge is 2.26. The van der Waals surface area contributed by atoms with Gasteiger partial charge in [-0.05, 0) is 18.6 Å². The highest BCUT2D eigenvalue weighted by atomic mass is 19.1. The normalized spacial score (nSPS) is 22.4. The summed E-state index contributed by atoms with van der Waals surface area (Å²) >= 11 is 0. The van der Waals surface area contributed by atoms with E-state index in [-0.39, 0.29) is 18.2 Å². The Morgan fingerprint density at radius 1 is 1.42 bits per heavy atom. The van der Waals surface area contributed by atoms with Crippen LogP contribution in [0.3, 0.4) is 0 Å². The molecule has 1 aliphatic rings. The fourth-order valence-corrected chi connectivity index (χ4v) is 2.45. The maximum Gasteiger partial charge on any atom is 0.131 e. The maximum atomic E-state index is 13.6. The number of β-amino-alcohol motifs (C(OH)–C–C–N with tert-alkyl or cyclic N) is 1. The van der Waals surface area contributed by atoms with E-state index in [2.05, 4.69) is 0 Å². The molecule has 1 heterocycles. The van der Waals surface area contributed by atoms with E-state index in [1.165, 1.54) is 6.07 Å². The third kappa shape index (κ3) is 3.29. The van der Waals surface area contributed by atoms with Crippen molar-refractivity contribution in [3.63, 3.8) is 0 Å². The fraction of sp³-hybridized carbons (Fsp3) is 0.571. The lowest BCUT2D eigenvalue weighted by Gasteiger charge is -2.36. The number of nitrogens with zero attached hydrogens (tertiary/aromatic N) is 1. The lowest BCUT2D eigenvalue weighted by Crippen LogP contribution is -2.46. The highest BCUT2D eigenvalue weighted by molar-refractivity contribution is 5.22. The van der Waals surface area contributed by atoms with E-state index < -0.39 is 17.7 Å². The summed E-state index contributed by atoms with van der Waals surface area (Å²) in [5.41, 5.74) is -0.246.